The number of aromatic nitrogens is 2. The Morgan fingerprint density at radius 1 is 1.15 bits per heavy atom. The molecule has 3 amide bonds. The fourth-order valence-electron chi connectivity index (χ4n) is 2.84. The third-order valence-electron chi connectivity index (χ3n) is 4.23. The summed E-state index contributed by atoms with van der Waals surface area (Å²) in [5.74, 6) is -0.214. The molecule has 2 aromatic rings. The van der Waals surface area contributed by atoms with E-state index in [1.54, 1.807) is 0 Å². The Bertz CT molecular complexity index is 772. The molecule has 1 saturated carbocycles. The predicted octanol–water partition coefficient (Wildman–Crippen LogP) is 3.84. The van der Waals surface area contributed by atoms with E-state index in [0.717, 1.165) is 31.4 Å². The van der Waals surface area contributed by atoms with E-state index in [2.05, 4.69) is 26.1 Å². The largest absolute Gasteiger partial charge is 0.335 e. The lowest BCUT2D eigenvalue weighted by Crippen LogP contribution is -2.45. The van der Waals surface area contributed by atoms with Gasteiger partial charge in [-0.3, -0.25) is 10.1 Å². The summed E-state index contributed by atoms with van der Waals surface area (Å²) in [6, 6.07) is 7.75. The number of carbonyl (C=O) groups is 2. The number of thioether (sulfide) groups is 1. The van der Waals surface area contributed by atoms with Gasteiger partial charge in [-0.25, -0.2) is 4.79 Å². The maximum Gasteiger partial charge on any atom is 0.321 e. The Morgan fingerprint density at radius 2 is 1.89 bits per heavy atom. The molecule has 0 atom stereocenters. The summed E-state index contributed by atoms with van der Waals surface area (Å²) in [5.41, 5.74) is 2.12. The van der Waals surface area contributed by atoms with Crippen LogP contribution in [0.15, 0.2) is 28.6 Å². The summed E-state index contributed by atoms with van der Waals surface area (Å²) >= 11 is 2.63. The third-order valence-corrected chi connectivity index (χ3v) is 6.20. The number of nitrogens with one attached hydrogen (secondary N) is 3. The summed E-state index contributed by atoms with van der Waals surface area (Å²) < 4.78 is 0.674. The molecule has 144 valence electrons. The summed E-state index contributed by atoms with van der Waals surface area (Å²) in [6.07, 6.45) is 5.45. The minimum atomic E-state index is -0.411. The Balaban J connectivity index is 1.40. The van der Waals surface area contributed by atoms with Crippen LogP contribution in [0.25, 0.3) is 0 Å². The third kappa shape index (κ3) is 6.51. The van der Waals surface area contributed by atoms with Crippen LogP contribution >= 0.6 is 23.1 Å². The molecule has 0 unspecified atom stereocenters. The number of rotatable bonds is 6. The van der Waals surface area contributed by atoms with E-state index < -0.39 is 6.03 Å². The minimum absolute atomic E-state index is 0.122. The number of benzene rings is 1. The fraction of sp³-hybridized carbons (Fsp3) is 0.444. The molecule has 1 aliphatic rings. The molecule has 9 heteroatoms. The van der Waals surface area contributed by atoms with Crippen molar-refractivity contribution in [1.29, 1.82) is 0 Å². The van der Waals surface area contributed by atoms with Crippen LogP contribution in [0.1, 0.15) is 37.7 Å². The molecule has 0 spiro atoms. The van der Waals surface area contributed by atoms with Gasteiger partial charge in [-0.1, -0.05) is 60.1 Å². The Labute approximate surface area is 166 Å². The normalized spacial score (nSPS) is 14.6. The summed E-state index contributed by atoms with van der Waals surface area (Å²) in [7, 11) is 0. The van der Waals surface area contributed by atoms with E-state index >= 15 is 0 Å². The Kier molecular flexibility index (Phi) is 7.05. The predicted molar refractivity (Wildman–Crippen MR) is 109 cm³/mol. The summed E-state index contributed by atoms with van der Waals surface area (Å²) in [5, 5.41) is 17.2. The molecule has 1 aromatic heterocycles. The number of anilines is 2. The zero-order valence-corrected chi connectivity index (χ0v) is 16.8. The van der Waals surface area contributed by atoms with Gasteiger partial charge in [0.25, 0.3) is 0 Å². The van der Waals surface area contributed by atoms with Crippen molar-refractivity contribution in [3.05, 3.63) is 29.8 Å². The molecule has 0 aliphatic heterocycles. The van der Waals surface area contributed by atoms with Crippen LogP contribution in [0.3, 0.4) is 0 Å². The van der Waals surface area contributed by atoms with Gasteiger partial charge in [0.15, 0.2) is 4.34 Å². The SMILES string of the molecule is Cc1ccc(Nc2nnc(SCC(=O)NC(=O)NC3CCCCC3)s2)cc1. The smallest absolute Gasteiger partial charge is 0.321 e. The lowest BCUT2D eigenvalue weighted by molar-refractivity contribution is -0.117. The van der Waals surface area contributed by atoms with Crippen molar-refractivity contribution in [3.63, 3.8) is 0 Å². The maximum absolute atomic E-state index is 11.9. The molecule has 0 saturated heterocycles. The molecular weight excluding hydrogens is 382 g/mol. The van der Waals surface area contributed by atoms with Crippen LogP contribution in [0, 0.1) is 6.92 Å². The number of nitrogens with zero attached hydrogens (tertiary/aromatic N) is 2. The molecule has 1 aliphatic carbocycles. The van der Waals surface area contributed by atoms with Gasteiger partial charge in [-0.2, -0.15) is 0 Å². The summed E-state index contributed by atoms with van der Waals surface area (Å²) in [6.45, 7) is 2.03. The van der Waals surface area contributed by atoms with Crippen molar-refractivity contribution < 1.29 is 9.59 Å². The maximum atomic E-state index is 11.9. The molecule has 3 N–H and O–H groups in total. The molecule has 0 radical (unpaired) electrons. The van der Waals surface area contributed by atoms with Crippen LogP contribution in [0.5, 0.6) is 0 Å². The molecule has 3 rings (SSSR count). The van der Waals surface area contributed by atoms with Gasteiger partial charge in [-0.15, -0.1) is 10.2 Å². The highest BCUT2D eigenvalue weighted by Crippen LogP contribution is 2.27. The highest BCUT2D eigenvalue weighted by atomic mass is 32.2. The number of hydrogen-bond acceptors (Lipinski definition) is 7. The molecule has 27 heavy (non-hydrogen) atoms. The molecule has 0 bridgehead atoms. The van der Waals surface area contributed by atoms with E-state index in [1.807, 2.05) is 31.2 Å². The fourth-order valence-corrected chi connectivity index (χ4v) is 4.41. The number of imide groups is 1. The van der Waals surface area contributed by atoms with Crippen LogP contribution in [0.4, 0.5) is 15.6 Å². The zero-order chi connectivity index (χ0) is 19.1. The van der Waals surface area contributed by atoms with Gasteiger partial charge in [-0.05, 0) is 31.9 Å². The van der Waals surface area contributed by atoms with Gasteiger partial charge in [0.1, 0.15) is 0 Å². The van der Waals surface area contributed by atoms with Crippen LogP contribution < -0.4 is 16.0 Å². The second-order valence-corrected chi connectivity index (χ2v) is 8.71. The van der Waals surface area contributed by atoms with Crippen LogP contribution in [0.2, 0.25) is 0 Å². The lowest BCUT2D eigenvalue weighted by atomic mass is 9.96. The van der Waals surface area contributed by atoms with Crippen LogP contribution in [-0.4, -0.2) is 33.9 Å². The van der Waals surface area contributed by atoms with Gasteiger partial charge >= 0.3 is 6.03 Å². The number of urea groups is 1. The number of amides is 3. The molecule has 7 nitrogen and oxygen atoms in total. The standard InChI is InChI=1S/C18H23N5O2S2/c1-12-7-9-14(10-8-12)20-17-22-23-18(27-17)26-11-15(24)21-16(25)19-13-5-3-2-4-6-13/h7-10,13H,2-6,11H2,1H3,(H,20,22)(H2,19,21,24,25). The second-order valence-electron chi connectivity index (χ2n) is 6.51. The zero-order valence-electron chi connectivity index (χ0n) is 15.2. The van der Waals surface area contributed by atoms with Crippen LogP contribution in [-0.2, 0) is 4.79 Å². The van der Waals surface area contributed by atoms with E-state index in [-0.39, 0.29) is 17.7 Å². The quantitative estimate of drug-likeness (QED) is 0.632. The van der Waals surface area contributed by atoms with Crippen molar-refractivity contribution in [3.8, 4) is 0 Å². The van der Waals surface area contributed by atoms with Gasteiger partial charge in [0, 0.05) is 11.7 Å². The van der Waals surface area contributed by atoms with E-state index in [4.69, 9.17) is 0 Å². The first-order valence-electron chi connectivity index (χ1n) is 8.99. The highest BCUT2D eigenvalue weighted by molar-refractivity contribution is 8.01. The first kappa shape index (κ1) is 19.6. The average molecular weight is 406 g/mol. The Morgan fingerprint density at radius 3 is 2.63 bits per heavy atom. The van der Waals surface area contributed by atoms with E-state index in [1.165, 1.54) is 35.1 Å². The molecule has 1 fully saturated rings. The van der Waals surface area contributed by atoms with Crippen molar-refractivity contribution in [1.82, 2.24) is 20.8 Å². The minimum Gasteiger partial charge on any atom is -0.335 e. The van der Waals surface area contributed by atoms with Gasteiger partial charge in [0.05, 0.1) is 5.75 Å². The first-order valence-corrected chi connectivity index (χ1v) is 10.8. The van der Waals surface area contributed by atoms with Crippen molar-refractivity contribution in [2.45, 2.75) is 49.4 Å². The highest BCUT2D eigenvalue weighted by Gasteiger charge is 2.17. The molecule has 1 heterocycles. The van der Waals surface area contributed by atoms with Gasteiger partial charge < -0.3 is 10.6 Å². The monoisotopic (exact) mass is 405 g/mol. The van der Waals surface area contributed by atoms with Gasteiger partial charge in [0.2, 0.25) is 11.0 Å². The first-order chi connectivity index (χ1) is 13.1. The number of carbonyl (C=O) groups excluding carboxylic acids is 2. The number of hydrogen-bond donors (Lipinski definition) is 3. The molecular formula is C18H23N5O2S2. The average Bonchev–Trinajstić information content (AvgIpc) is 3.10. The van der Waals surface area contributed by atoms with Crippen molar-refractivity contribution >= 4 is 45.9 Å². The topological polar surface area (TPSA) is 96.0 Å². The van der Waals surface area contributed by atoms with Crippen molar-refractivity contribution in [2.75, 3.05) is 11.1 Å². The number of aryl methyl sites for hydroxylation is 1. The molecule has 1 aromatic carbocycles. The Hall–Kier alpha value is -2.13. The van der Waals surface area contributed by atoms with E-state index in [0.29, 0.717) is 9.47 Å². The van der Waals surface area contributed by atoms with E-state index in [9.17, 15) is 9.59 Å². The summed E-state index contributed by atoms with van der Waals surface area (Å²) in [4.78, 5) is 23.8. The lowest BCUT2D eigenvalue weighted by Gasteiger charge is -2.22. The second kappa shape index (κ2) is 9.70. The van der Waals surface area contributed by atoms with Crippen molar-refractivity contribution in [2.24, 2.45) is 0 Å².